The summed E-state index contributed by atoms with van der Waals surface area (Å²) in [6.07, 6.45) is 3.74. The number of hydrogen-bond acceptors (Lipinski definition) is 3. The first-order valence-electron chi connectivity index (χ1n) is 6.90. The highest BCUT2D eigenvalue weighted by molar-refractivity contribution is 6.32. The molecule has 1 aromatic heterocycles. The fourth-order valence-corrected chi connectivity index (χ4v) is 3.42. The molecule has 0 radical (unpaired) electrons. The van der Waals surface area contributed by atoms with Crippen LogP contribution in [0.5, 0.6) is 0 Å². The Morgan fingerprint density at radius 2 is 2.16 bits per heavy atom. The summed E-state index contributed by atoms with van der Waals surface area (Å²) in [5.41, 5.74) is 6.91. The molecule has 0 aromatic carbocycles. The molecule has 3 nitrogen and oxygen atoms in total. The Hall–Kier alpha value is -0.350. The highest BCUT2D eigenvalue weighted by Crippen LogP contribution is 2.31. The van der Waals surface area contributed by atoms with Crippen molar-refractivity contribution in [3.8, 4) is 0 Å². The topological polar surface area (TPSA) is 42.2 Å². The summed E-state index contributed by atoms with van der Waals surface area (Å²) in [5, 5.41) is 0.950. The minimum absolute atomic E-state index is 0.442. The molecule has 1 aliphatic carbocycles. The van der Waals surface area contributed by atoms with Crippen molar-refractivity contribution in [1.82, 2.24) is 9.88 Å². The van der Waals surface area contributed by atoms with Crippen LogP contribution in [-0.4, -0.2) is 29.0 Å². The van der Waals surface area contributed by atoms with Crippen LogP contribution in [0.25, 0.3) is 0 Å². The zero-order chi connectivity index (χ0) is 13.8. The Labute approximate surface area is 125 Å². The summed E-state index contributed by atoms with van der Waals surface area (Å²) in [7, 11) is 0. The summed E-state index contributed by atoms with van der Waals surface area (Å²) in [6.45, 7) is 4.78. The van der Waals surface area contributed by atoms with Crippen LogP contribution in [0.2, 0.25) is 10.3 Å². The first-order chi connectivity index (χ1) is 9.15. The van der Waals surface area contributed by atoms with E-state index in [1.165, 1.54) is 19.3 Å². The van der Waals surface area contributed by atoms with E-state index in [1.807, 2.05) is 6.07 Å². The normalized spacial score (nSPS) is 23.2. The highest BCUT2D eigenvalue weighted by Gasteiger charge is 2.30. The van der Waals surface area contributed by atoms with E-state index in [9.17, 15) is 0 Å². The number of nitrogens with two attached hydrogens (primary N) is 1. The summed E-state index contributed by atoms with van der Waals surface area (Å²) < 4.78 is 0. The molecule has 0 bridgehead atoms. The van der Waals surface area contributed by atoms with E-state index in [2.05, 4.69) is 16.8 Å². The van der Waals surface area contributed by atoms with Crippen LogP contribution in [0.4, 0.5) is 0 Å². The fourth-order valence-electron chi connectivity index (χ4n) is 3.01. The average molecular weight is 302 g/mol. The maximum Gasteiger partial charge on any atom is 0.135 e. The molecule has 106 valence electrons. The lowest BCUT2D eigenvalue weighted by Gasteiger charge is -2.31. The standard InChI is InChI=1S/C14H21Cl2N3/c1-2-19(12-5-3-4-10(12)8-17)9-11-6-7-13(15)18-14(11)16/h6-7,10,12H,2-5,8-9,17H2,1H3. The molecule has 2 atom stereocenters. The Morgan fingerprint density at radius 1 is 1.37 bits per heavy atom. The van der Waals surface area contributed by atoms with Crippen molar-refractivity contribution in [3.05, 3.63) is 28.0 Å². The van der Waals surface area contributed by atoms with Crippen molar-refractivity contribution >= 4 is 23.2 Å². The van der Waals surface area contributed by atoms with Gasteiger partial charge in [-0.15, -0.1) is 0 Å². The van der Waals surface area contributed by atoms with Gasteiger partial charge in [0.1, 0.15) is 10.3 Å². The van der Waals surface area contributed by atoms with E-state index in [1.54, 1.807) is 6.07 Å². The molecule has 0 saturated heterocycles. The van der Waals surface area contributed by atoms with E-state index in [4.69, 9.17) is 28.9 Å². The number of nitrogens with zero attached hydrogens (tertiary/aromatic N) is 2. The summed E-state index contributed by atoms with van der Waals surface area (Å²) in [6, 6.07) is 4.33. The lowest BCUT2D eigenvalue weighted by molar-refractivity contribution is 0.162. The van der Waals surface area contributed by atoms with E-state index in [0.29, 0.717) is 22.3 Å². The molecule has 2 unspecified atom stereocenters. The molecule has 1 heterocycles. The van der Waals surface area contributed by atoms with Crippen molar-refractivity contribution in [1.29, 1.82) is 0 Å². The minimum atomic E-state index is 0.442. The van der Waals surface area contributed by atoms with Gasteiger partial charge in [0.25, 0.3) is 0 Å². The van der Waals surface area contributed by atoms with Gasteiger partial charge in [-0.2, -0.15) is 0 Å². The molecular weight excluding hydrogens is 281 g/mol. The number of pyridine rings is 1. The van der Waals surface area contributed by atoms with Gasteiger partial charge in [0.2, 0.25) is 0 Å². The lowest BCUT2D eigenvalue weighted by Crippen LogP contribution is -2.39. The zero-order valence-electron chi connectivity index (χ0n) is 11.3. The second-order valence-electron chi connectivity index (χ2n) is 5.14. The molecule has 0 amide bonds. The highest BCUT2D eigenvalue weighted by atomic mass is 35.5. The van der Waals surface area contributed by atoms with E-state index in [-0.39, 0.29) is 0 Å². The van der Waals surface area contributed by atoms with Gasteiger partial charge in [-0.25, -0.2) is 4.98 Å². The first kappa shape index (κ1) is 15.0. The molecule has 0 aliphatic heterocycles. The molecule has 1 fully saturated rings. The molecule has 1 saturated carbocycles. The summed E-state index contributed by atoms with van der Waals surface area (Å²) in [4.78, 5) is 6.57. The number of rotatable bonds is 5. The van der Waals surface area contributed by atoms with Gasteiger partial charge in [0, 0.05) is 18.2 Å². The van der Waals surface area contributed by atoms with E-state index < -0.39 is 0 Å². The van der Waals surface area contributed by atoms with Crippen molar-refractivity contribution in [2.24, 2.45) is 11.7 Å². The maximum absolute atomic E-state index is 6.16. The van der Waals surface area contributed by atoms with Gasteiger partial charge in [-0.05, 0) is 37.9 Å². The third-order valence-corrected chi connectivity index (χ3v) is 4.60. The van der Waals surface area contributed by atoms with Gasteiger partial charge in [-0.3, -0.25) is 4.90 Å². The van der Waals surface area contributed by atoms with Gasteiger partial charge in [0.15, 0.2) is 0 Å². The van der Waals surface area contributed by atoms with Gasteiger partial charge in [0.05, 0.1) is 0 Å². The Kier molecular flexibility index (Phi) is 5.46. The molecule has 0 spiro atoms. The predicted molar refractivity (Wildman–Crippen MR) is 80.5 cm³/mol. The molecule has 19 heavy (non-hydrogen) atoms. The smallest absolute Gasteiger partial charge is 0.135 e. The van der Waals surface area contributed by atoms with Crippen LogP contribution in [0.3, 0.4) is 0 Å². The summed E-state index contributed by atoms with van der Waals surface area (Å²) in [5.74, 6) is 0.610. The third-order valence-electron chi connectivity index (χ3n) is 4.06. The maximum atomic E-state index is 6.16. The molecule has 2 N–H and O–H groups in total. The Balaban J connectivity index is 2.10. The molecule has 5 heteroatoms. The molecule has 1 aromatic rings. The monoisotopic (exact) mass is 301 g/mol. The predicted octanol–water partition coefficient (Wildman–Crippen LogP) is 3.34. The van der Waals surface area contributed by atoms with Gasteiger partial charge in [-0.1, -0.05) is 42.6 Å². The van der Waals surface area contributed by atoms with Crippen molar-refractivity contribution in [3.63, 3.8) is 0 Å². The van der Waals surface area contributed by atoms with Crippen LogP contribution in [0, 0.1) is 5.92 Å². The largest absolute Gasteiger partial charge is 0.330 e. The number of aromatic nitrogens is 1. The van der Waals surface area contributed by atoms with E-state index >= 15 is 0 Å². The molecular formula is C14H21Cl2N3. The van der Waals surface area contributed by atoms with Gasteiger partial charge < -0.3 is 5.73 Å². The van der Waals surface area contributed by atoms with Crippen LogP contribution < -0.4 is 5.73 Å². The first-order valence-corrected chi connectivity index (χ1v) is 7.66. The average Bonchev–Trinajstić information content (AvgIpc) is 2.86. The second-order valence-corrected chi connectivity index (χ2v) is 5.89. The molecule has 1 aliphatic rings. The lowest BCUT2D eigenvalue weighted by atomic mass is 10.0. The van der Waals surface area contributed by atoms with Gasteiger partial charge >= 0.3 is 0 Å². The van der Waals surface area contributed by atoms with Crippen molar-refractivity contribution in [2.75, 3.05) is 13.1 Å². The van der Waals surface area contributed by atoms with E-state index in [0.717, 1.165) is 25.2 Å². The minimum Gasteiger partial charge on any atom is -0.330 e. The SMILES string of the molecule is CCN(Cc1ccc(Cl)nc1Cl)C1CCCC1CN. The Bertz CT molecular complexity index is 425. The second kappa shape index (κ2) is 6.89. The van der Waals surface area contributed by atoms with Crippen molar-refractivity contribution < 1.29 is 0 Å². The zero-order valence-corrected chi connectivity index (χ0v) is 12.8. The Morgan fingerprint density at radius 3 is 2.79 bits per heavy atom. The molecule has 2 rings (SSSR count). The van der Waals surface area contributed by atoms with Crippen molar-refractivity contribution in [2.45, 2.75) is 38.8 Å². The number of halogens is 2. The van der Waals surface area contributed by atoms with Crippen LogP contribution in [0.15, 0.2) is 12.1 Å². The fraction of sp³-hybridized carbons (Fsp3) is 0.643. The third kappa shape index (κ3) is 3.60. The van der Waals surface area contributed by atoms with Crippen LogP contribution >= 0.6 is 23.2 Å². The summed E-state index contributed by atoms with van der Waals surface area (Å²) >= 11 is 12.0. The quantitative estimate of drug-likeness (QED) is 0.848. The van der Waals surface area contributed by atoms with Crippen LogP contribution in [-0.2, 0) is 6.54 Å². The number of hydrogen-bond donors (Lipinski definition) is 1. The van der Waals surface area contributed by atoms with Crippen LogP contribution in [0.1, 0.15) is 31.7 Å².